The van der Waals surface area contributed by atoms with Gasteiger partial charge in [-0.15, -0.1) is 0 Å². The molecular weight excluding hydrogens is 228 g/mol. The maximum absolute atomic E-state index is 11.8. The molecule has 0 aliphatic heterocycles. The maximum Gasteiger partial charge on any atom is 0.302 e. The Labute approximate surface area is 96.2 Å². The van der Waals surface area contributed by atoms with Crippen molar-refractivity contribution >= 4 is 16.0 Å². The largest absolute Gasteiger partial charge is 0.302 e. The van der Waals surface area contributed by atoms with Crippen LogP contribution in [0.1, 0.15) is 25.3 Å². The Bertz CT molecular complexity index is 426. The molecule has 0 saturated carbocycles. The van der Waals surface area contributed by atoms with E-state index in [1.807, 2.05) is 6.92 Å². The molecule has 1 heterocycles. The molecule has 0 atom stereocenters. The molecule has 16 heavy (non-hydrogen) atoms. The van der Waals surface area contributed by atoms with Crippen LogP contribution in [0.5, 0.6) is 0 Å². The first-order chi connectivity index (χ1) is 7.47. The van der Waals surface area contributed by atoms with Gasteiger partial charge in [0.1, 0.15) is 5.82 Å². The number of hydrogen-bond donors (Lipinski definition) is 2. The second-order valence-electron chi connectivity index (χ2n) is 3.71. The zero-order valence-corrected chi connectivity index (χ0v) is 10.6. The third-order valence-electron chi connectivity index (χ3n) is 2.30. The Morgan fingerprint density at radius 1 is 1.56 bits per heavy atom. The Hall–Kier alpha value is -1.08. The number of unbranched alkanes of at least 4 members (excludes halogenated alkanes) is 1. The summed E-state index contributed by atoms with van der Waals surface area (Å²) in [6.07, 6.45) is 3.38. The summed E-state index contributed by atoms with van der Waals surface area (Å²) in [6.45, 7) is 4.32. The molecule has 0 aliphatic carbocycles. The number of nitrogens with zero attached hydrogens (tertiary/aromatic N) is 2. The summed E-state index contributed by atoms with van der Waals surface area (Å²) < 4.78 is 27.4. The normalized spacial score (nSPS) is 12.0. The van der Waals surface area contributed by atoms with Crippen molar-refractivity contribution < 1.29 is 8.42 Å². The summed E-state index contributed by atoms with van der Waals surface area (Å²) >= 11 is 0. The van der Waals surface area contributed by atoms with Gasteiger partial charge in [0.15, 0.2) is 0 Å². The molecule has 1 aromatic rings. The van der Waals surface area contributed by atoms with Gasteiger partial charge >= 0.3 is 10.2 Å². The van der Waals surface area contributed by atoms with E-state index in [0.717, 1.165) is 18.4 Å². The number of aryl methyl sites for hydroxylation is 1. The molecule has 92 valence electrons. The highest BCUT2D eigenvalue weighted by molar-refractivity contribution is 7.90. The molecular formula is C9H18N4O2S. The van der Waals surface area contributed by atoms with E-state index in [0.29, 0.717) is 12.4 Å². The number of anilines is 1. The van der Waals surface area contributed by atoms with Crippen molar-refractivity contribution in [2.45, 2.75) is 26.7 Å². The highest BCUT2D eigenvalue weighted by Crippen LogP contribution is 2.12. The lowest BCUT2D eigenvalue weighted by Crippen LogP contribution is -2.33. The predicted octanol–water partition coefficient (Wildman–Crippen LogP) is 1.11. The maximum atomic E-state index is 11.8. The molecule has 6 nitrogen and oxygen atoms in total. The molecule has 0 bridgehead atoms. The number of H-pyrrole nitrogens is 1. The molecule has 0 unspecified atom stereocenters. The van der Waals surface area contributed by atoms with E-state index in [9.17, 15) is 8.42 Å². The van der Waals surface area contributed by atoms with Crippen LogP contribution in [0.4, 0.5) is 5.82 Å². The van der Waals surface area contributed by atoms with Crippen LogP contribution < -0.4 is 4.72 Å². The molecule has 0 radical (unpaired) electrons. The van der Waals surface area contributed by atoms with Crippen LogP contribution in [-0.2, 0) is 10.2 Å². The second kappa shape index (κ2) is 5.31. The van der Waals surface area contributed by atoms with E-state index >= 15 is 0 Å². The van der Waals surface area contributed by atoms with Crippen molar-refractivity contribution in [2.24, 2.45) is 0 Å². The fourth-order valence-corrected chi connectivity index (χ4v) is 2.15. The number of nitrogens with one attached hydrogen (secondary N) is 2. The van der Waals surface area contributed by atoms with Gasteiger partial charge in [0.25, 0.3) is 0 Å². The van der Waals surface area contributed by atoms with Crippen LogP contribution in [0, 0.1) is 6.92 Å². The van der Waals surface area contributed by atoms with Crippen LogP contribution in [0.15, 0.2) is 6.20 Å². The minimum atomic E-state index is -3.47. The monoisotopic (exact) mass is 246 g/mol. The zero-order valence-electron chi connectivity index (χ0n) is 9.82. The molecule has 0 spiro atoms. The summed E-state index contributed by atoms with van der Waals surface area (Å²) in [5.41, 5.74) is 0.771. The SMILES string of the molecule is CCCCN(C)S(=O)(=O)Nc1[nH]ncc1C. The minimum Gasteiger partial charge on any atom is -0.262 e. The molecule has 1 aromatic heterocycles. The summed E-state index contributed by atoms with van der Waals surface area (Å²) in [6, 6.07) is 0. The van der Waals surface area contributed by atoms with Crippen LogP contribution in [0.3, 0.4) is 0 Å². The molecule has 0 saturated heterocycles. The van der Waals surface area contributed by atoms with Gasteiger partial charge in [-0.1, -0.05) is 13.3 Å². The lowest BCUT2D eigenvalue weighted by molar-refractivity contribution is 0.463. The van der Waals surface area contributed by atoms with E-state index in [2.05, 4.69) is 14.9 Å². The molecule has 0 amide bonds. The van der Waals surface area contributed by atoms with E-state index < -0.39 is 10.2 Å². The third-order valence-corrected chi connectivity index (χ3v) is 3.76. The van der Waals surface area contributed by atoms with Gasteiger partial charge in [-0.3, -0.25) is 9.82 Å². The molecule has 0 fully saturated rings. The summed E-state index contributed by atoms with van der Waals surface area (Å²) in [4.78, 5) is 0. The molecule has 0 aliphatic rings. The topological polar surface area (TPSA) is 78.1 Å². The van der Waals surface area contributed by atoms with Gasteiger partial charge in [-0.2, -0.15) is 17.8 Å². The van der Waals surface area contributed by atoms with Crippen molar-refractivity contribution in [1.82, 2.24) is 14.5 Å². The highest BCUT2D eigenvalue weighted by atomic mass is 32.2. The number of rotatable bonds is 6. The first-order valence-corrected chi connectivity index (χ1v) is 6.65. The summed E-state index contributed by atoms with van der Waals surface area (Å²) in [5.74, 6) is 0.420. The number of aromatic nitrogens is 2. The van der Waals surface area contributed by atoms with Gasteiger partial charge in [0.05, 0.1) is 6.20 Å². The Morgan fingerprint density at radius 3 is 2.75 bits per heavy atom. The first kappa shape index (κ1) is 13.0. The van der Waals surface area contributed by atoms with Gasteiger partial charge in [0, 0.05) is 19.2 Å². The zero-order chi connectivity index (χ0) is 12.2. The standard InChI is InChI=1S/C9H18N4O2S/c1-4-5-6-13(3)16(14,15)12-9-8(2)7-10-11-9/h7H,4-6H2,1-3H3,(H2,10,11,12). The Morgan fingerprint density at radius 2 is 2.25 bits per heavy atom. The van der Waals surface area contributed by atoms with Crippen LogP contribution in [0.2, 0.25) is 0 Å². The van der Waals surface area contributed by atoms with Crippen LogP contribution in [0.25, 0.3) is 0 Å². The molecule has 7 heteroatoms. The number of hydrogen-bond acceptors (Lipinski definition) is 3. The van der Waals surface area contributed by atoms with Gasteiger partial charge < -0.3 is 0 Å². The van der Waals surface area contributed by atoms with Crippen molar-refractivity contribution in [2.75, 3.05) is 18.3 Å². The second-order valence-corrected chi connectivity index (χ2v) is 5.49. The van der Waals surface area contributed by atoms with Crippen molar-refractivity contribution in [1.29, 1.82) is 0 Å². The summed E-state index contributed by atoms with van der Waals surface area (Å²) in [5, 5.41) is 6.36. The van der Waals surface area contributed by atoms with E-state index in [1.165, 1.54) is 4.31 Å². The number of aromatic amines is 1. The third kappa shape index (κ3) is 3.21. The van der Waals surface area contributed by atoms with E-state index in [4.69, 9.17) is 0 Å². The van der Waals surface area contributed by atoms with E-state index in [1.54, 1.807) is 20.2 Å². The fraction of sp³-hybridized carbons (Fsp3) is 0.667. The van der Waals surface area contributed by atoms with Crippen LogP contribution in [-0.4, -0.2) is 36.5 Å². The highest BCUT2D eigenvalue weighted by Gasteiger charge is 2.18. The predicted molar refractivity (Wildman–Crippen MR) is 63.4 cm³/mol. The average Bonchev–Trinajstić information content (AvgIpc) is 2.60. The molecule has 0 aromatic carbocycles. The smallest absolute Gasteiger partial charge is 0.262 e. The van der Waals surface area contributed by atoms with Gasteiger partial charge in [0.2, 0.25) is 0 Å². The summed E-state index contributed by atoms with van der Waals surface area (Å²) in [7, 11) is -1.91. The Kier molecular flexibility index (Phi) is 4.31. The van der Waals surface area contributed by atoms with Crippen LogP contribution >= 0.6 is 0 Å². The molecule has 1 rings (SSSR count). The van der Waals surface area contributed by atoms with Gasteiger partial charge in [-0.25, -0.2) is 0 Å². The first-order valence-electron chi connectivity index (χ1n) is 5.21. The van der Waals surface area contributed by atoms with Crippen molar-refractivity contribution in [3.63, 3.8) is 0 Å². The average molecular weight is 246 g/mol. The Balaban J connectivity index is 2.68. The lowest BCUT2D eigenvalue weighted by atomic mass is 10.3. The molecule has 2 N–H and O–H groups in total. The lowest BCUT2D eigenvalue weighted by Gasteiger charge is -2.17. The quantitative estimate of drug-likeness (QED) is 0.789. The minimum absolute atomic E-state index is 0.420. The van der Waals surface area contributed by atoms with E-state index in [-0.39, 0.29) is 0 Å². The van der Waals surface area contributed by atoms with Crippen molar-refractivity contribution in [3.05, 3.63) is 11.8 Å². The van der Waals surface area contributed by atoms with Crippen molar-refractivity contribution in [3.8, 4) is 0 Å². The van der Waals surface area contributed by atoms with Gasteiger partial charge in [-0.05, 0) is 13.3 Å². The fourth-order valence-electron chi connectivity index (χ4n) is 1.16.